The number of amides is 4. The number of para-hydroxylation sites is 3. The highest BCUT2D eigenvalue weighted by Crippen LogP contribution is 2.40. The quantitative estimate of drug-likeness (QED) is 0.141. The molecule has 4 amide bonds. The van der Waals surface area contributed by atoms with Crippen LogP contribution in [0.5, 0.6) is 23.3 Å². The first-order chi connectivity index (χ1) is 29.0. The van der Waals surface area contributed by atoms with E-state index in [-0.39, 0.29) is 67.7 Å². The molecule has 4 aromatic heterocycles. The van der Waals surface area contributed by atoms with Crippen molar-refractivity contribution in [3.63, 3.8) is 0 Å². The smallest absolute Gasteiger partial charge is 0.431 e. The zero-order valence-corrected chi connectivity index (χ0v) is 33.9. The molecule has 3 aromatic carbocycles. The third-order valence-electron chi connectivity index (χ3n) is 9.31. The monoisotopic (exact) mass is 852 g/mol. The normalized spacial score (nSPS) is 12.7. The van der Waals surface area contributed by atoms with Crippen LogP contribution in [-0.4, -0.2) is 83.5 Å². The van der Waals surface area contributed by atoms with E-state index in [2.05, 4.69) is 38.1 Å². The lowest BCUT2D eigenvalue weighted by Crippen LogP contribution is -2.52. The molecule has 1 aliphatic rings. The Bertz CT molecular complexity index is 2740. The summed E-state index contributed by atoms with van der Waals surface area (Å²) in [7, 11) is 2.62. The Morgan fingerprint density at radius 2 is 1.22 bits per heavy atom. The van der Waals surface area contributed by atoms with Gasteiger partial charge in [0.2, 0.25) is 23.1 Å². The molecule has 0 saturated carbocycles. The average Bonchev–Trinajstić information content (AvgIpc) is 3.80. The second kappa shape index (κ2) is 16.6. The van der Waals surface area contributed by atoms with E-state index in [4.69, 9.17) is 56.0 Å². The summed E-state index contributed by atoms with van der Waals surface area (Å²) in [6, 6.07) is 22.8. The molecule has 0 unspecified atom stereocenters. The third kappa shape index (κ3) is 7.99. The van der Waals surface area contributed by atoms with Gasteiger partial charge in [0.15, 0.2) is 16.2 Å². The number of fused-ring (bicyclic) bond motifs is 2. The number of rotatable bonds is 8. The Balaban J connectivity index is 1.19. The number of nitrogens with zero attached hydrogens (tertiary/aromatic N) is 8. The number of halogens is 2. The highest BCUT2D eigenvalue weighted by atomic mass is 35.5. The molecule has 1 fully saturated rings. The van der Waals surface area contributed by atoms with Gasteiger partial charge < -0.3 is 37.6 Å². The van der Waals surface area contributed by atoms with Crippen molar-refractivity contribution in [2.24, 2.45) is 0 Å². The van der Waals surface area contributed by atoms with Gasteiger partial charge >= 0.3 is 18.2 Å². The van der Waals surface area contributed by atoms with E-state index in [1.807, 2.05) is 13.8 Å². The Morgan fingerprint density at radius 3 is 1.83 bits per heavy atom. The number of ether oxygens (including phenoxy) is 4. The zero-order valence-electron chi connectivity index (χ0n) is 32.4. The maximum atomic E-state index is 15.0. The first kappa shape index (κ1) is 39.7. The van der Waals surface area contributed by atoms with Crippen molar-refractivity contribution in [1.82, 2.24) is 24.8 Å². The molecule has 306 valence electrons. The fraction of sp³-hybridized carbons (Fsp3) is 0.195. The van der Waals surface area contributed by atoms with Gasteiger partial charge in [-0.3, -0.25) is 0 Å². The van der Waals surface area contributed by atoms with Crippen LogP contribution in [0.3, 0.4) is 0 Å². The number of benzene rings is 3. The van der Waals surface area contributed by atoms with Crippen molar-refractivity contribution in [3.8, 4) is 23.3 Å². The van der Waals surface area contributed by atoms with Crippen molar-refractivity contribution in [2.75, 3.05) is 55.1 Å². The van der Waals surface area contributed by atoms with E-state index >= 15 is 0 Å². The van der Waals surface area contributed by atoms with E-state index in [0.717, 1.165) is 16.8 Å². The predicted molar refractivity (Wildman–Crippen MR) is 221 cm³/mol. The molecule has 5 heterocycles. The molecule has 60 heavy (non-hydrogen) atoms. The van der Waals surface area contributed by atoms with Gasteiger partial charge in [0, 0.05) is 44.0 Å². The maximum Gasteiger partial charge on any atom is 0.431 e. The number of hydrogen-bond acceptors (Lipinski definition) is 14. The minimum absolute atomic E-state index is 0.0100. The second-order valence-corrected chi connectivity index (χ2v) is 14.1. The lowest BCUT2D eigenvalue weighted by molar-refractivity contribution is 0.189. The fourth-order valence-electron chi connectivity index (χ4n) is 6.67. The molecule has 8 rings (SSSR count). The number of hydrogen-bond donors (Lipinski definition) is 0. The van der Waals surface area contributed by atoms with Gasteiger partial charge in [-0.05, 0) is 84.6 Å². The van der Waals surface area contributed by atoms with Gasteiger partial charge in [0.05, 0.1) is 19.9 Å². The van der Waals surface area contributed by atoms with Gasteiger partial charge in [0.25, 0.3) is 11.8 Å². The number of piperazine rings is 1. The molecule has 1 aliphatic heterocycles. The van der Waals surface area contributed by atoms with Crippen LogP contribution in [0.1, 0.15) is 11.1 Å². The molecule has 0 aliphatic carbocycles. The number of carbonyl (C=O) groups excluding carboxylic acids is 3. The average molecular weight is 854 g/mol. The summed E-state index contributed by atoms with van der Waals surface area (Å²) in [5, 5.41) is -0.0410. The van der Waals surface area contributed by atoms with Gasteiger partial charge in [-0.15, -0.1) is 0 Å². The minimum Gasteiger partial charge on any atom is -0.478 e. The van der Waals surface area contributed by atoms with Crippen LogP contribution < -0.4 is 33.6 Å². The van der Waals surface area contributed by atoms with Gasteiger partial charge in [0.1, 0.15) is 16.8 Å². The molecule has 1 saturated heterocycles. The summed E-state index contributed by atoms with van der Waals surface area (Å²) < 4.78 is 33.5. The highest BCUT2D eigenvalue weighted by Gasteiger charge is 2.37. The second-order valence-electron chi connectivity index (χ2n) is 13.4. The van der Waals surface area contributed by atoms with Gasteiger partial charge in [-0.1, -0.05) is 36.4 Å². The van der Waals surface area contributed by atoms with Crippen LogP contribution in [-0.2, 0) is 0 Å². The first-order valence-corrected chi connectivity index (χ1v) is 19.1. The molecule has 0 bridgehead atoms. The lowest BCUT2D eigenvalue weighted by atomic mass is 10.1. The largest absolute Gasteiger partial charge is 0.478 e. The SMILES string of the molecule is COc1nc2oc(Cl)cc2nc1N(C(=O)Oc1ccccc1)C(=O)Oc1ccccc1N(C(=O)N1CCN(c2cc(C)cc(C)c2)CC1)c1nc2cc(Cl)oc2nc1OC. The number of carbonyl (C=O) groups is 3. The van der Waals surface area contributed by atoms with Crippen LogP contribution in [0.15, 0.2) is 93.8 Å². The topological polar surface area (TPSA) is 179 Å². The number of aromatic nitrogens is 4. The van der Waals surface area contributed by atoms with Crippen LogP contribution in [0.25, 0.3) is 22.5 Å². The maximum absolute atomic E-state index is 15.0. The Hall–Kier alpha value is -7.11. The summed E-state index contributed by atoms with van der Waals surface area (Å²) >= 11 is 12.3. The zero-order chi connectivity index (χ0) is 42.1. The highest BCUT2D eigenvalue weighted by molar-refractivity contribution is 6.30. The first-order valence-electron chi connectivity index (χ1n) is 18.3. The van der Waals surface area contributed by atoms with E-state index in [9.17, 15) is 14.4 Å². The fourth-order valence-corrected chi connectivity index (χ4v) is 7.02. The molecule has 7 aromatic rings. The Morgan fingerprint density at radius 1 is 0.667 bits per heavy atom. The number of imide groups is 1. The van der Waals surface area contributed by atoms with Gasteiger partial charge in [-0.25, -0.2) is 29.3 Å². The van der Waals surface area contributed by atoms with Crippen LogP contribution >= 0.6 is 23.2 Å². The Kier molecular flexibility index (Phi) is 11.0. The van der Waals surface area contributed by atoms with Gasteiger partial charge in [-0.2, -0.15) is 14.9 Å². The Labute approximate surface area is 351 Å². The molecule has 19 heteroatoms. The summed E-state index contributed by atoms with van der Waals surface area (Å²) in [4.78, 5) is 66.8. The number of methoxy groups -OCH3 is 2. The van der Waals surface area contributed by atoms with E-state index in [1.165, 1.54) is 55.5 Å². The van der Waals surface area contributed by atoms with Crippen LogP contribution in [0.4, 0.5) is 37.4 Å². The predicted octanol–water partition coefficient (Wildman–Crippen LogP) is 8.98. The molecule has 0 spiro atoms. The van der Waals surface area contributed by atoms with Crippen molar-refractivity contribution in [1.29, 1.82) is 0 Å². The minimum atomic E-state index is -1.31. The van der Waals surface area contributed by atoms with Crippen molar-refractivity contribution in [2.45, 2.75) is 13.8 Å². The number of furan rings is 2. The van der Waals surface area contributed by atoms with E-state index in [0.29, 0.717) is 31.1 Å². The third-order valence-corrected chi connectivity index (χ3v) is 9.68. The summed E-state index contributed by atoms with van der Waals surface area (Å²) in [6.07, 6.45) is -2.54. The standard InChI is InChI=1S/C41H34Cl2N8O9/c1-23-18-24(2)20-25(19-23)48-14-16-49(17-15-48)39(52)50(33-37(55-3)46-35-27(44-33)21-31(42)59-35)29-12-8-9-13-30(29)58-41(54)51(40(53)57-26-10-6-5-7-11-26)34-38(56-4)47-36-28(45-34)22-32(43)60-36/h5-13,18-22H,14-17H2,1-4H3. The molecule has 0 radical (unpaired) electrons. The van der Waals surface area contributed by atoms with Crippen molar-refractivity contribution in [3.05, 3.63) is 106 Å². The van der Waals surface area contributed by atoms with Crippen LogP contribution in [0, 0.1) is 13.8 Å². The molecule has 0 N–H and O–H groups in total. The van der Waals surface area contributed by atoms with Crippen LogP contribution in [0.2, 0.25) is 10.4 Å². The summed E-state index contributed by atoms with van der Waals surface area (Å²) in [5.74, 6) is -0.950. The van der Waals surface area contributed by atoms with E-state index < -0.39 is 24.0 Å². The summed E-state index contributed by atoms with van der Waals surface area (Å²) in [6.45, 7) is 5.76. The molecular formula is C41H34Cl2N8O9. The molecule has 17 nitrogen and oxygen atoms in total. The summed E-state index contributed by atoms with van der Waals surface area (Å²) in [5.41, 5.74) is 3.69. The number of aryl methyl sites for hydroxylation is 2. The lowest BCUT2D eigenvalue weighted by Gasteiger charge is -2.38. The number of urea groups is 1. The number of anilines is 4. The van der Waals surface area contributed by atoms with E-state index in [1.54, 1.807) is 35.2 Å². The van der Waals surface area contributed by atoms with Crippen molar-refractivity contribution < 1.29 is 42.2 Å². The molecular weight excluding hydrogens is 819 g/mol. The molecule has 0 atom stereocenters. The van der Waals surface area contributed by atoms with Crippen molar-refractivity contribution >= 4 is 86.9 Å².